The highest BCUT2D eigenvalue weighted by Gasteiger charge is 2.16. The molecule has 1 aliphatic heterocycles. The first-order chi connectivity index (χ1) is 7.04. The van der Waals surface area contributed by atoms with Crippen LogP contribution in [0.4, 0.5) is 0 Å². The van der Waals surface area contributed by atoms with Crippen LogP contribution in [0.3, 0.4) is 0 Å². The topological polar surface area (TPSA) is 72.8 Å². The lowest BCUT2D eigenvalue weighted by molar-refractivity contribution is 0.258. The van der Waals surface area contributed by atoms with Gasteiger partial charge in [-0.15, -0.1) is 0 Å². The Morgan fingerprint density at radius 2 is 2.07 bits per heavy atom. The molecule has 0 aliphatic carbocycles. The number of benzene rings is 1. The van der Waals surface area contributed by atoms with E-state index in [4.69, 9.17) is 9.29 Å². The Bertz CT molecular complexity index is 503. The molecular weight excluding hydrogens is 220 g/mol. The fourth-order valence-corrected chi connectivity index (χ4v) is 1.65. The zero-order valence-electron chi connectivity index (χ0n) is 7.58. The van der Waals surface area contributed by atoms with Crippen LogP contribution < -0.4 is 4.74 Å². The minimum absolute atomic E-state index is 0.0171. The van der Waals surface area contributed by atoms with E-state index in [1.54, 1.807) is 24.3 Å². The van der Waals surface area contributed by atoms with Gasteiger partial charge in [0.2, 0.25) is 0 Å². The number of ether oxygens (including phenoxy) is 1. The van der Waals surface area contributed by atoms with Crippen molar-refractivity contribution in [2.75, 3.05) is 6.61 Å². The van der Waals surface area contributed by atoms with Gasteiger partial charge in [-0.05, 0) is 12.1 Å². The molecule has 80 valence electrons. The monoisotopic (exact) mass is 228 g/mol. The minimum atomic E-state index is -4.47. The van der Waals surface area contributed by atoms with E-state index >= 15 is 0 Å². The van der Waals surface area contributed by atoms with E-state index in [0.717, 1.165) is 0 Å². The van der Waals surface area contributed by atoms with Crippen molar-refractivity contribution in [1.82, 2.24) is 0 Å². The summed E-state index contributed by atoms with van der Waals surface area (Å²) in [5.74, 6) is 0.705. The third kappa shape index (κ3) is 2.48. The fraction of sp³-hybridized carbons (Fsp3) is 0.111. The molecule has 0 aromatic heterocycles. The molecule has 0 saturated heterocycles. The fourth-order valence-electron chi connectivity index (χ4n) is 1.28. The van der Waals surface area contributed by atoms with Crippen molar-refractivity contribution in [1.29, 1.82) is 0 Å². The van der Waals surface area contributed by atoms with E-state index in [2.05, 4.69) is 4.18 Å². The molecule has 0 amide bonds. The number of hydrogen-bond acceptors (Lipinski definition) is 4. The molecule has 0 spiro atoms. The SMILES string of the molecule is O=S(=O)(O)OC1=Cc2ccccc2OC1. The molecule has 6 heteroatoms. The highest BCUT2D eigenvalue weighted by molar-refractivity contribution is 7.81. The van der Waals surface area contributed by atoms with Crippen molar-refractivity contribution in [3.63, 3.8) is 0 Å². The van der Waals surface area contributed by atoms with Gasteiger partial charge in [-0.1, -0.05) is 18.2 Å². The maximum atomic E-state index is 10.4. The molecule has 5 nitrogen and oxygen atoms in total. The van der Waals surface area contributed by atoms with E-state index in [1.807, 2.05) is 0 Å². The second-order valence-electron chi connectivity index (χ2n) is 2.95. The van der Waals surface area contributed by atoms with Crippen molar-refractivity contribution in [3.05, 3.63) is 35.6 Å². The first-order valence-electron chi connectivity index (χ1n) is 4.14. The zero-order chi connectivity index (χ0) is 10.9. The summed E-state index contributed by atoms with van der Waals surface area (Å²) < 4.78 is 38.9. The van der Waals surface area contributed by atoms with Crippen molar-refractivity contribution in [3.8, 4) is 5.75 Å². The highest BCUT2D eigenvalue weighted by atomic mass is 32.3. The van der Waals surface area contributed by atoms with Crippen molar-refractivity contribution in [2.45, 2.75) is 0 Å². The molecule has 0 radical (unpaired) electrons. The Hall–Kier alpha value is -1.53. The van der Waals surface area contributed by atoms with Gasteiger partial charge in [-0.2, -0.15) is 8.42 Å². The molecule has 0 fully saturated rings. The quantitative estimate of drug-likeness (QED) is 0.771. The third-order valence-electron chi connectivity index (χ3n) is 1.82. The van der Waals surface area contributed by atoms with Crippen LogP contribution in [-0.2, 0) is 14.6 Å². The third-order valence-corrected chi connectivity index (χ3v) is 2.24. The van der Waals surface area contributed by atoms with Gasteiger partial charge in [-0.25, -0.2) is 0 Å². The van der Waals surface area contributed by atoms with Crippen molar-refractivity contribution >= 4 is 16.5 Å². The van der Waals surface area contributed by atoms with Crippen LogP contribution in [0, 0.1) is 0 Å². The summed E-state index contributed by atoms with van der Waals surface area (Å²) in [6.07, 6.45) is 1.51. The van der Waals surface area contributed by atoms with E-state index < -0.39 is 10.4 Å². The molecule has 2 rings (SSSR count). The van der Waals surface area contributed by atoms with E-state index in [0.29, 0.717) is 11.3 Å². The van der Waals surface area contributed by atoms with Gasteiger partial charge in [0.15, 0.2) is 5.76 Å². The molecule has 1 aromatic rings. The summed E-state index contributed by atoms with van der Waals surface area (Å²) in [5, 5.41) is 0. The molecule has 0 bridgehead atoms. The van der Waals surface area contributed by atoms with Gasteiger partial charge in [0.1, 0.15) is 12.4 Å². The summed E-state index contributed by atoms with van der Waals surface area (Å²) in [6, 6.07) is 7.11. The molecular formula is C9H8O5S. The Kier molecular flexibility index (Phi) is 2.37. The van der Waals surface area contributed by atoms with Crippen LogP contribution in [0.1, 0.15) is 5.56 Å². The number of fused-ring (bicyclic) bond motifs is 1. The summed E-state index contributed by atoms with van der Waals surface area (Å²) in [4.78, 5) is 0. The molecule has 15 heavy (non-hydrogen) atoms. The van der Waals surface area contributed by atoms with Gasteiger partial charge in [0.25, 0.3) is 0 Å². The van der Waals surface area contributed by atoms with Crippen LogP contribution in [0.25, 0.3) is 6.08 Å². The lowest BCUT2D eigenvalue weighted by Crippen LogP contribution is -2.13. The predicted molar refractivity (Wildman–Crippen MR) is 52.5 cm³/mol. The Labute approximate surface area is 86.9 Å². The summed E-state index contributed by atoms with van der Waals surface area (Å²) in [6.45, 7) is -0.0171. The van der Waals surface area contributed by atoms with Crippen LogP contribution in [-0.4, -0.2) is 19.6 Å². The number of para-hydroxylation sites is 1. The van der Waals surface area contributed by atoms with Crippen LogP contribution in [0.2, 0.25) is 0 Å². The lowest BCUT2D eigenvalue weighted by Gasteiger charge is -2.16. The van der Waals surface area contributed by atoms with Crippen LogP contribution in [0.5, 0.6) is 5.75 Å². The van der Waals surface area contributed by atoms with Gasteiger partial charge in [0, 0.05) is 5.56 Å². The average molecular weight is 228 g/mol. The Morgan fingerprint density at radius 3 is 2.80 bits per heavy atom. The molecule has 1 heterocycles. The Balaban J connectivity index is 2.30. The lowest BCUT2D eigenvalue weighted by atomic mass is 10.1. The molecule has 0 unspecified atom stereocenters. The highest BCUT2D eigenvalue weighted by Crippen LogP contribution is 2.26. The molecule has 1 aromatic carbocycles. The van der Waals surface area contributed by atoms with Crippen LogP contribution >= 0.6 is 0 Å². The first-order valence-corrected chi connectivity index (χ1v) is 5.50. The molecule has 0 saturated carbocycles. The predicted octanol–water partition coefficient (Wildman–Crippen LogP) is 1.24. The second kappa shape index (κ2) is 3.56. The summed E-state index contributed by atoms with van der Waals surface area (Å²) in [5.41, 5.74) is 0.711. The molecule has 1 N–H and O–H groups in total. The van der Waals surface area contributed by atoms with E-state index in [9.17, 15) is 8.42 Å². The van der Waals surface area contributed by atoms with Gasteiger partial charge in [0.05, 0.1) is 0 Å². The minimum Gasteiger partial charge on any atom is -0.485 e. The average Bonchev–Trinajstić information content (AvgIpc) is 2.15. The smallest absolute Gasteiger partial charge is 0.446 e. The standard InChI is InChI=1S/C9H8O5S/c10-15(11,12)14-8-5-7-3-1-2-4-9(7)13-6-8/h1-5H,6H2,(H,10,11,12). The first kappa shape index (κ1) is 10.0. The van der Waals surface area contributed by atoms with E-state index in [-0.39, 0.29) is 12.4 Å². The van der Waals surface area contributed by atoms with E-state index in [1.165, 1.54) is 6.08 Å². The van der Waals surface area contributed by atoms with Crippen molar-refractivity contribution < 1.29 is 21.9 Å². The Morgan fingerprint density at radius 1 is 1.33 bits per heavy atom. The number of hydrogen-bond donors (Lipinski definition) is 1. The molecule has 0 atom stereocenters. The maximum absolute atomic E-state index is 10.4. The largest absolute Gasteiger partial charge is 0.485 e. The maximum Gasteiger partial charge on any atom is 0.446 e. The summed E-state index contributed by atoms with van der Waals surface area (Å²) in [7, 11) is -4.47. The normalized spacial score (nSPS) is 14.9. The van der Waals surface area contributed by atoms with Crippen LogP contribution in [0.15, 0.2) is 30.0 Å². The van der Waals surface area contributed by atoms with Gasteiger partial charge in [-0.3, -0.25) is 4.55 Å². The van der Waals surface area contributed by atoms with Gasteiger partial charge >= 0.3 is 10.4 Å². The number of rotatable bonds is 2. The van der Waals surface area contributed by atoms with Gasteiger partial charge < -0.3 is 8.92 Å². The summed E-state index contributed by atoms with van der Waals surface area (Å²) >= 11 is 0. The van der Waals surface area contributed by atoms with Crippen molar-refractivity contribution in [2.24, 2.45) is 0 Å². The molecule has 1 aliphatic rings. The second-order valence-corrected chi connectivity index (χ2v) is 3.97. The zero-order valence-corrected chi connectivity index (χ0v) is 8.40.